The van der Waals surface area contributed by atoms with Crippen LogP contribution in [0.15, 0.2) is 0 Å². The molecular weight excluding hydrogens is 200 g/mol. The van der Waals surface area contributed by atoms with Gasteiger partial charge in [-0.2, -0.15) is 0 Å². The van der Waals surface area contributed by atoms with Crippen molar-refractivity contribution in [3.63, 3.8) is 0 Å². The topological polar surface area (TPSA) is 9.23 Å². The molecule has 0 bridgehead atoms. The lowest BCUT2D eigenvalue weighted by Crippen LogP contribution is -2.39. The van der Waals surface area contributed by atoms with E-state index in [2.05, 4.69) is 46.3 Å². The summed E-state index contributed by atoms with van der Waals surface area (Å²) in [6.07, 6.45) is 9.13. The zero-order chi connectivity index (χ0) is 12.1. The number of unbranched alkanes of at least 4 members (excludes halogenated alkanes) is 1. The summed E-state index contributed by atoms with van der Waals surface area (Å²) in [7, 11) is -1.53. The first-order valence-corrected chi connectivity index (χ1v) is 9.27. The van der Waals surface area contributed by atoms with Gasteiger partial charge < -0.3 is 4.43 Å². The Bertz CT molecular complexity index is 220. The molecule has 0 aliphatic heterocycles. The second-order valence-electron chi connectivity index (χ2n) is 5.87. The highest BCUT2D eigenvalue weighted by Crippen LogP contribution is 2.31. The van der Waals surface area contributed by atoms with Crippen molar-refractivity contribution in [1.29, 1.82) is 0 Å². The Labute approximate surface area is 96.7 Å². The largest absolute Gasteiger partial charge is 0.404 e. The number of hydrogen-bond donors (Lipinski definition) is 0. The first-order chi connectivity index (χ1) is 6.73. The predicted octanol–water partition coefficient (Wildman–Crippen LogP) is 4.06. The first kappa shape index (κ1) is 14.7. The summed E-state index contributed by atoms with van der Waals surface area (Å²) in [4.78, 5) is 0. The molecule has 0 aromatic heterocycles. The average molecular weight is 226 g/mol. The molecule has 1 atom stereocenters. The van der Waals surface area contributed by atoms with Crippen molar-refractivity contribution in [2.75, 3.05) is 0 Å². The van der Waals surface area contributed by atoms with Crippen molar-refractivity contribution in [1.82, 2.24) is 0 Å². The van der Waals surface area contributed by atoms with Crippen molar-refractivity contribution in [3.05, 3.63) is 0 Å². The smallest absolute Gasteiger partial charge is 0.185 e. The minimum Gasteiger partial charge on any atom is -0.404 e. The van der Waals surface area contributed by atoms with E-state index in [0.717, 1.165) is 6.42 Å². The Hall–Kier alpha value is -0.263. The van der Waals surface area contributed by atoms with Crippen LogP contribution in [-0.2, 0) is 4.43 Å². The monoisotopic (exact) mass is 226 g/mol. The van der Waals surface area contributed by atoms with Crippen LogP contribution >= 0.6 is 0 Å². The molecule has 0 radical (unpaired) electrons. The SMILES string of the molecule is C#C[C@H](O[Si](C)(C)C)C(C)(C)CCCC. The van der Waals surface area contributed by atoms with Crippen LogP contribution in [0.25, 0.3) is 0 Å². The average Bonchev–Trinajstić information content (AvgIpc) is 2.09. The lowest BCUT2D eigenvalue weighted by molar-refractivity contribution is 0.104. The molecule has 0 aliphatic carbocycles. The molecule has 2 heteroatoms. The van der Waals surface area contributed by atoms with Crippen LogP contribution in [0.5, 0.6) is 0 Å². The highest BCUT2D eigenvalue weighted by atomic mass is 28.4. The molecule has 0 aliphatic rings. The third-order valence-corrected chi connectivity index (χ3v) is 3.45. The molecule has 0 heterocycles. The molecule has 15 heavy (non-hydrogen) atoms. The molecule has 88 valence electrons. The molecule has 1 nitrogen and oxygen atoms in total. The number of hydrogen-bond acceptors (Lipinski definition) is 1. The van der Waals surface area contributed by atoms with Gasteiger partial charge in [-0.05, 0) is 26.1 Å². The van der Waals surface area contributed by atoms with Crippen LogP contribution < -0.4 is 0 Å². The Balaban J connectivity index is 4.46. The van der Waals surface area contributed by atoms with E-state index in [4.69, 9.17) is 10.8 Å². The maximum atomic E-state index is 6.05. The van der Waals surface area contributed by atoms with Gasteiger partial charge in [-0.1, -0.05) is 39.5 Å². The van der Waals surface area contributed by atoms with Crippen molar-refractivity contribution in [3.8, 4) is 12.3 Å². The summed E-state index contributed by atoms with van der Waals surface area (Å²) in [5, 5.41) is 0. The molecule has 0 aromatic rings. The summed E-state index contributed by atoms with van der Waals surface area (Å²) < 4.78 is 6.05. The van der Waals surface area contributed by atoms with E-state index in [1.807, 2.05) is 0 Å². The van der Waals surface area contributed by atoms with Gasteiger partial charge in [0, 0.05) is 5.41 Å². The highest BCUT2D eigenvalue weighted by Gasteiger charge is 2.32. The van der Waals surface area contributed by atoms with Crippen molar-refractivity contribution in [2.45, 2.75) is 65.8 Å². The van der Waals surface area contributed by atoms with E-state index in [9.17, 15) is 0 Å². The molecule has 0 unspecified atom stereocenters. The Kier molecular flexibility index (Phi) is 5.62. The van der Waals surface area contributed by atoms with Crippen molar-refractivity contribution in [2.24, 2.45) is 5.41 Å². The van der Waals surface area contributed by atoms with E-state index in [0.29, 0.717) is 0 Å². The third-order valence-electron chi connectivity index (χ3n) is 2.51. The van der Waals surface area contributed by atoms with Gasteiger partial charge in [0.25, 0.3) is 0 Å². The van der Waals surface area contributed by atoms with Gasteiger partial charge >= 0.3 is 0 Å². The molecule has 0 rings (SSSR count). The van der Waals surface area contributed by atoms with Crippen LogP contribution in [0.4, 0.5) is 0 Å². The molecule has 0 saturated heterocycles. The van der Waals surface area contributed by atoms with E-state index in [1.54, 1.807) is 0 Å². The second kappa shape index (κ2) is 5.72. The molecule has 0 saturated carbocycles. The summed E-state index contributed by atoms with van der Waals surface area (Å²) >= 11 is 0. The minimum atomic E-state index is -1.53. The Morgan fingerprint density at radius 2 is 1.87 bits per heavy atom. The summed E-state index contributed by atoms with van der Waals surface area (Å²) in [5.74, 6) is 2.82. The number of terminal acetylenes is 1. The molecule has 0 N–H and O–H groups in total. The Morgan fingerprint density at radius 3 is 2.20 bits per heavy atom. The normalized spacial score (nSPS) is 14.7. The van der Waals surface area contributed by atoms with Gasteiger partial charge in [-0.3, -0.25) is 0 Å². The van der Waals surface area contributed by atoms with Gasteiger partial charge in [0.1, 0.15) is 6.10 Å². The van der Waals surface area contributed by atoms with Crippen LogP contribution in [0.1, 0.15) is 40.0 Å². The fraction of sp³-hybridized carbons (Fsp3) is 0.846. The zero-order valence-electron chi connectivity index (χ0n) is 11.2. The summed E-state index contributed by atoms with van der Waals surface area (Å²) in [6, 6.07) is 0. The predicted molar refractivity (Wildman–Crippen MR) is 70.4 cm³/mol. The summed E-state index contributed by atoms with van der Waals surface area (Å²) in [5.41, 5.74) is 0.102. The second-order valence-corrected chi connectivity index (χ2v) is 10.3. The van der Waals surface area contributed by atoms with E-state index >= 15 is 0 Å². The third kappa shape index (κ3) is 6.02. The lowest BCUT2D eigenvalue weighted by Gasteiger charge is -2.35. The van der Waals surface area contributed by atoms with Crippen molar-refractivity contribution < 1.29 is 4.43 Å². The first-order valence-electron chi connectivity index (χ1n) is 5.87. The summed E-state index contributed by atoms with van der Waals surface area (Å²) in [6.45, 7) is 13.2. The van der Waals surface area contributed by atoms with Crippen LogP contribution in [0, 0.1) is 17.8 Å². The standard InChI is InChI=1S/C13H26OSi/c1-8-10-11-13(3,4)12(9-2)14-15(5,6)7/h2,12H,8,10-11H2,1,3-7H3/t12-/m0/s1. The molecule has 0 aromatic carbocycles. The van der Waals surface area contributed by atoms with Gasteiger partial charge in [0.15, 0.2) is 8.32 Å². The van der Waals surface area contributed by atoms with Crippen LogP contribution in [0.2, 0.25) is 19.6 Å². The van der Waals surface area contributed by atoms with Gasteiger partial charge in [-0.15, -0.1) is 6.42 Å². The molecule has 0 fully saturated rings. The highest BCUT2D eigenvalue weighted by molar-refractivity contribution is 6.69. The molecular formula is C13H26OSi. The lowest BCUT2D eigenvalue weighted by atomic mass is 9.82. The quantitative estimate of drug-likeness (QED) is 0.490. The van der Waals surface area contributed by atoms with Gasteiger partial charge in [0.2, 0.25) is 0 Å². The van der Waals surface area contributed by atoms with Crippen molar-refractivity contribution >= 4 is 8.32 Å². The maximum absolute atomic E-state index is 6.05. The van der Waals surface area contributed by atoms with E-state index < -0.39 is 8.32 Å². The zero-order valence-corrected chi connectivity index (χ0v) is 12.2. The molecule has 0 amide bonds. The van der Waals surface area contributed by atoms with E-state index in [-0.39, 0.29) is 11.5 Å². The van der Waals surface area contributed by atoms with Crippen LogP contribution in [0.3, 0.4) is 0 Å². The minimum absolute atomic E-state index is 0.0317. The molecule has 0 spiro atoms. The Morgan fingerprint density at radius 1 is 1.33 bits per heavy atom. The maximum Gasteiger partial charge on any atom is 0.185 e. The number of rotatable bonds is 6. The van der Waals surface area contributed by atoms with Gasteiger partial charge in [-0.25, -0.2) is 0 Å². The van der Waals surface area contributed by atoms with Gasteiger partial charge in [0.05, 0.1) is 0 Å². The fourth-order valence-electron chi connectivity index (χ4n) is 1.54. The fourth-order valence-corrected chi connectivity index (χ4v) is 2.63. The van der Waals surface area contributed by atoms with Crippen LogP contribution in [-0.4, -0.2) is 14.4 Å². The van der Waals surface area contributed by atoms with E-state index in [1.165, 1.54) is 12.8 Å².